The minimum atomic E-state index is 0.706. The van der Waals surface area contributed by atoms with Crippen LogP contribution in [-0.4, -0.2) is 15.8 Å². The number of amidine groups is 1. The first-order valence-corrected chi connectivity index (χ1v) is 17.8. The van der Waals surface area contributed by atoms with Crippen LogP contribution in [0.15, 0.2) is 176 Å². The van der Waals surface area contributed by atoms with Crippen LogP contribution >= 0.6 is 0 Å². The van der Waals surface area contributed by atoms with Gasteiger partial charge in [0.1, 0.15) is 11.7 Å². The summed E-state index contributed by atoms with van der Waals surface area (Å²) in [6, 6.07) is 49.3. The van der Waals surface area contributed by atoms with Crippen molar-refractivity contribution in [3.63, 3.8) is 0 Å². The lowest BCUT2D eigenvalue weighted by atomic mass is 10.0. The van der Waals surface area contributed by atoms with E-state index in [-0.39, 0.29) is 0 Å². The van der Waals surface area contributed by atoms with Crippen molar-refractivity contribution >= 4 is 61.8 Å². The molecular formula is C47H33N5O2. The Balaban J connectivity index is 0.978. The van der Waals surface area contributed by atoms with E-state index in [1.165, 1.54) is 0 Å². The number of nitrogens with one attached hydrogen (secondary N) is 1. The van der Waals surface area contributed by atoms with E-state index in [9.17, 15) is 0 Å². The number of rotatable bonds is 5. The van der Waals surface area contributed by atoms with Crippen molar-refractivity contribution in [3.8, 4) is 34.1 Å². The highest BCUT2D eigenvalue weighted by Crippen LogP contribution is 2.50. The average Bonchev–Trinajstić information content (AvgIpc) is 3.60. The third-order valence-corrected chi connectivity index (χ3v) is 10.0. The maximum Gasteiger partial charge on any atom is 0.151 e. The van der Waals surface area contributed by atoms with Gasteiger partial charge >= 0.3 is 0 Å². The van der Waals surface area contributed by atoms with Gasteiger partial charge in [0, 0.05) is 39.8 Å². The van der Waals surface area contributed by atoms with Crippen molar-refractivity contribution in [2.24, 2.45) is 4.99 Å². The Hall–Kier alpha value is -7.38. The van der Waals surface area contributed by atoms with Gasteiger partial charge in [0.25, 0.3) is 0 Å². The lowest BCUT2D eigenvalue weighted by molar-refractivity contribution is 0.476. The summed E-state index contributed by atoms with van der Waals surface area (Å²) in [4.78, 5) is 17.8. The summed E-state index contributed by atoms with van der Waals surface area (Å²) >= 11 is 0. The van der Waals surface area contributed by atoms with Crippen molar-refractivity contribution in [3.05, 3.63) is 176 Å². The topological polar surface area (TPSA) is 66.0 Å². The summed E-state index contributed by atoms with van der Waals surface area (Å²) < 4.78 is 12.4. The van der Waals surface area contributed by atoms with E-state index in [4.69, 9.17) is 19.5 Å². The smallest absolute Gasteiger partial charge is 0.151 e. The van der Waals surface area contributed by atoms with Gasteiger partial charge in [-0.2, -0.15) is 0 Å². The molecule has 0 saturated heterocycles. The normalized spacial score (nSPS) is 13.4. The molecule has 7 heteroatoms. The summed E-state index contributed by atoms with van der Waals surface area (Å²) in [5.74, 6) is 4.69. The first-order chi connectivity index (χ1) is 26.6. The largest absolute Gasteiger partial charge is 0.453 e. The van der Waals surface area contributed by atoms with Gasteiger partial charge < -0.3 is 14.5 Å². The minimum Gasteiger partial charge on any atom is -0.453 e. The van der Waals surface area contributed by atoms with Gasteiger partial charge in [0.2, 0.25) is 0 Å². The van der Waals surface area contributed by atoms with Crippen molar-refractivity contribution in [1.29, 1.82) is 0 Å². The van der Waals surface area contributed by atoms with Gasteiger partial charge in [-0.15, -0.1) is 0 Å². The van der Waals surface area contributed by atoms with E-state index >= 15 is 0 Å². The average molecular weight is 700 g/mol. The van der Waals surface area contributed by atoms with Crippen molar-refractivity contribution in [2.45, 2.75) is 6.92 Å². The molecule has 0 amide bonds. The number of ether oxygens (including phenoxy) is 2. The first kappa shape index (κ1) is 31.4. The summed E-state index contributed by atoms with van der Waals surface area (Å²) in [6.45, 7) is 6.21. The fraction of sp³-hybridized carbons (Fsp3) is 0.0213. The highest BCUT2D eigenvalue weighted by Gasteiger charge is 2.27. The van der Waals surface area contributed by atoms with Crippen molar-refractivity contribution < 1.29 is 9.47 Å². The zero-order valence-electron chi connectivity index (χ0n) is 29.4. The third kappa shape index (κ3) is 5.21. The molecule has 6 aromatic carbocycles. The molecule has 0 atom stereocenters. The van der Waals surface area contributed by atoms with Crippen LogP contribution in [0.1, 0.15) is 12.5 Å². The van der Waals surface area contributed by atoms with Gasteiger partial charge in [-0.1, -0.05) is 67.2 Å². The number of aromatic nitrogens is 2. The highest BCUT2D eigenvalue weighted by molar-refractivity contribution is 6.13. The van der Waals surface area contributed by atoms with Crippen LogP contribution in [0.25, 0.3) is 38.5 Å². The number of pyridine rings is 1. The van der Waals surface area contributed by atoms with Gasteiger partial charge in [0.05, 0.1) is 22.7 Å². The number of allylic oxidation sites excluding steroid dienone is 1. The molecule has 1 N–H and O–H groups in total. The molecule has 0 spiro atoms. The number of hydrogen-bond donors (Lipinski definition) is 1. The Morgan fingerprint density at radius 2 is 1.17 bits per heavy atom. The standard InChI is InChI=1S/C47H33N5O2/c1-3-46(51-38-12-4-8-16-42(38)53-43-17-9-5-13-39(43)51)48-28-30(2)31-20-23-36-34(26-31)35-27-32(21-24-37(35)50-36)33-22-25-47(49-29-33)52-40-14-6-10-18-44(40)54-45-19-11-7-15-41(45)52/h3-29,50H,1H2,2H3/b30-28+,48-46+. The van der Waals surface area contributed by atoms with Crippen LogP contribution in [0.2, 0.25) is 0 Å². The number of fused-ring (bicyclic) bond motifs is 7. The molecule has 2 aliphatic rings. The first-order valence-electron chi connectivity index (χ1n) is 17.8. The molecule has 0 fully saturated rings. The van der Waals surface area contributed by atoms with Crippen molar-refractivity contribution in [2.75, 3.05) is 9.80 Å². The molecule has 0 unspecified atom stereocenters. The number of anilines is 5. The molecule has 0 saturated carbocycles. The second-order valence-electron chi connectivity index (χ2n) is 13.3. The van der Waals surface area contributed by atoms with E-state index in [1.807, 2.05) is 97.3 Å². The van der Waals surface area contributed by atoms with Crippen LogP contribution in [0.3, 0.4) is 0 Å². The molecule has 2 aromatic heterocycles. The summed E-state index contributed by atoms with van der Waals surface area (Å²) in [7, 11) is 0. The van der Waals surface area contributed by atoms with E-state index < -0.39 is 0 Å². The van der Waals surface area contributed by atoms with Crippen LogP contribution in [-0.2, 0) is 0 Å². The summed E-state index contributed by atoms with van der Waals surface area (Å²) in [5.41, 5.74) is 10.1. The molecule has 8 aromatic rings. The minimum absolute atomic E-state index is 0.706. The van der Waals surface area contributed by atoms with Crippen LogP contribution in [0.5, 0.6) is 23.0 Å². The van der Waals surface area contributed by atoms with Gasteiger partial charge in [-0.05, 0) is 115 Å². The predicted molar refractivity (Wildman–Crippen MR) is 220 cm³/mol. The Kier molecular flexibility index (Phi) is 7.37. The Morgan fingerprint density at radius 1 is 0.630 bits per heavy atom. The molecule has 4 heterocycles. The zero-order chi connectivity index (χ0) is 36.2. The summed E-state index contributed by atoms with van der Waals surface area (Å²) in [5, 5.41) is 2.29. The number of aliphatic imine (C=N–C) groups is 1. The Bertz CT molecular complexity index is 2740. The second-order valence-corrected chi connectivity index (χ2v) is 13.3. The highest BCUT2D eigenvalue weighted by atomic mass is 16.5. The number of benzene rings is 6. The molecule has 54 heavy (non-hydrogen) atoms. The third-order valence-electron chi connectivity index (χ3n) is 10.0. The summed E-state index contributed by atoms with van der Waals surface area (Å²) in [6.07, 6.45) is 5.65. The fourth-order valence-electron chi connectivity index (χ4n) is 7.35. The second kappa shape index (κ2) is 12.7. The Labute approximate surface area is 312 Å². The molecule has 0 aliphatic carbocycles. The number of aromatic amines is 1. The lowest BCUT2D eigenvalue weighted by Crippen LogP contribution is -2.26. The van der Waals surface area contributed by atoms with E-state index in [0.717, 1.165) is 95.6 Å². The van der Waals surface area contributed by atoms with Gasteiger partial charge in [-0.25, -0.2) is 9.98 Å². The van der Waals surface area contributed by atoms with Crippen LogP contribution < -0.4 is 19.3 Å². The fourth-order valence-corrected chi connectivity index (χ4v) is 7.35. The molecule has 0 bridgehead atoms. The lowest BCUT2D eigenvalue weighted by Gasteiger charge is -2.32. The number of para-hydroxylation sites is 8. The van der Waals surface area contributed by atoms with Crippen LogP contribution in [0, 0.1) is 0 Å². The van der Waals surface area contributed by atoms with E-state index in [2.05, 4.69) is 89.0 Å². The quantitative estimate of drug-likeness (QED) is 0.143. The number of H-pyrrole nitrogens is 1. The molecule has 2 aliphatic heterocycles. The zero-order valence-corrected chi connectivity index (χ0v) is 29.4. The Morgan fingerprint density at radius 3 is 1.76 bits per heavy atom. The van der Waals surface area contributed by atoms with Gasteiger partial charge in [0.15, 0.2) is 23.0 Å². The molecular weight excluding hydrogens is 667 g/mol. The van der Waals surface area contributed by atoms with Crippen LogP contribution in [0.4, 0.5) is 28.6 Å². The van der Waals surface area contributed by atoms with E-state index in [0.29, 0.717) is 5.84 Å². The maximum absolute atomic E-state index is 6.20. The maximum atomic E-state index is 6.20. The molecule has 10 rings (SSSR count). The SMILES string of the molecule is C=C/C(=N\C=C(/C)c1ccc2[nH]c3ccc(-c4ccc(N5c6ccccc6Oc6ccccc65)nc4)cc3c2c1)N1c2ccccc2Oc2ccccc21. The molecule has 7 nitrogen and oxygen atoms in total. The monoisotopic (exact) mass is 699 g/mol. The van der Waals surface area contributed by atoms with Crippen molar-refractivity contribution in [1.82, 2.24) is 9.97 Å². The van der Waals surface area contributed by atoms with Gasteiger partial charge in [-0.3, -0.25) is 9.80 Å². The molecule has 258 valence electrons. The van der Waals surface area contributed by atoms with E-state index in [1.54, 1.807) is 6.08 Å². The predicted octanol–water partition coefficient (Wildman–Crippen LogP) is 12.8. The number of hydrogen-bond acceptors (Lipinski definition) is 5. The molecule has 0 radical (unpaired) electrons. The number of nitrogens with zero attached hydrogens (tertiary/aromatic N) is 4.